The number of carbonyl (C=O) groups excluding carboxylic acids is 1. The number of nitrogens with two attached hydrogens (primary N) is 1. The highest BCUT2D eigenvalue weighted by Gasteiger charge is 2.10. The second-order valence-corrected chi connectivity index (χ2v) is 6.60. The monoisotopic (exact) mass is 333 g/mol. The van der Waals surface area contributed by atoms with Crippen molar-refractivity contribution < 1.29 is 4.79 Å². The molecule has 8 heteroatoms. The van der Waals surface area contributed by atoms with Gasteiger partial charge >= 0.3 is 0 Å². The maximum atomic E-state index is 11.8. The summed E-state index contributed by atoms with van der Waals surface area (Å²) >= 11 is 14.6. The van der Waals surface area contributed by atoms with Crippen LogP contribution >= 0.6 is 46.3 Å². The number of thiazole rings is 1. The molecular formula is C11H9Cl2N3OS2. The van der Waals surface area contributed by atoms with Crippen LogP contribution in [0.2, 0.25) is 10.0 Å². The number of benzene rings is 1. The fourth-order valence-corrected chi connectivity index (χ4v) is 3.32. The van der Waals surface area contributed by atoms with Gasteiger partial charge in [-0.1, -0.05) is 40.6 Å². The Hall–Kier alpha value is -0.950. The van der Waals surface area contributed by atoms with E-state index in [2.05, 4.69) is 10.3 Å². The Balaban J connectivity index is 1.94. The number of nitrogens with zero attached hydrogens (tertiary/aromatic N) is 1. The number of hydrogen-bond donors (Lipinski definition) is 2. The van der Waals surface area contributed by atoms with Gasteiger partial charge < -0.3 is 11.1 Å². The molecular weight excluding hydrogens is 325 g/mol. The van der Waals surface area contributed by atoms with Gasteiger partial charge in [0.25, 0.3) is 0 Å². The predicted molar refractivity (Wildman–Crippen MR) is 82.3 cm³/mol. The Bertz CT molecular complexity index is 583. The molecule has 0 aliphatic heterocycles. The van der Waals surface area contributed by atoms with E-state index in [0.717, 1.165) is 4.21 Å². The minimum Gasteiger partial charge on any atom is -0.375 e. The summed E-state index contributed by atoms with van der Waals surface area (Å²) in [6.45, 7) is 0. The van der Waals surface area contributed by atoms with Crippen LogP contribution in [0.4, 0.5) is 10.8 Å². The fraction of sp³-hybridized carbons (Fsp3) is 0.0909. The molecule has 0 aliphatic carbocycles. The van der Waals surface area contributed by atoms with Gasteiger partial charge in [0.2, 0.25) is 5.91 Å². The van der Waals surface area contributed by atoms with E-state index in [1.54, 1.807) is 24.4 Å². The molecule has 0 bridgehead atoms. The zero-order valence-corrected chi connectivity index (χ0v) is 12.7. The highest BCUT2D eigenvalue weighted by molar-refractivity contribution is 8.01. The van der Waals surface area contributed by atoms with E-state index in [1.165, 1.54) is 23.1 Å². The lowest BCUT2D eigenvalue weighted by Crippen LogP contribution is -2.14. The summed E-state index contributed by atoms with van der Waals surface area (Å²) in [7, 11) is 0. The summed E-state index contributed by atoms with van der Waals surface area (Å²) in [5.74, 6) is 0.0513. The van der Waals surface area contributed by atoms with Crippen molar-refractivity contribution in [1.29, 1.82) is 0 Å². The highest BCUT2D eigenvalue weighted by atomic mass is 35.5. The van der Waals surface area contributed by atoms with Gasteiger partial charge in [0.05, 0.1) is 31.9 Å². The van der Waals surface area contributed by atoms with Gasteiger partial charge in [0.15, 0.2) is 5.13 Å². The Kier molecular flexibility index (Phi) is 4.93. The van der Waals surface area contributed by atoms with Crippen LogP contribution < -0.4 is 11.1 Å². The molecule has 0 atom stereocenters. The van der Waals surface area contributed by atoms with Crippen LogP contribution in [0.1, 0.15) is 0 Å². The number of nitrogens with one attached hydrogen (secondary N) is 1. The molecule has 1 aromatic heterocycles. The zero-order valence-electron chi connectivity index (χ0n) is 9.52. The van der Waals surface area contributed by atoms with E-state index in [1.807, 2.05) is 0 Å². The summed E-state index contributed by atoms with van der Waals surface area (Å²) in [6, 6.07) is 5.05. The van der Waals surface area contributed by atoms with E-state index < -0.39 is 0 Å². The number of anilines is 2. The number of carbonyl (C=O) groups is 1. The summed E-state index contributed by atoms with van der Waals surface area (Å²) < 4.78 is 0.887. The van der Waals surface area contributed by atoms with Crippen LogP contribution in [0.3, 0.4) is 0 Å². The van der Waals surface area contributed by atoms with Crippen LogP contribution in [0.5, 0.6) is 0 Å². The Labute approximate surface area is 128 Å². The summed E-state index contributed by atoms with van der Waals surface area (Å²) in [4.78, 5) is 15.7. The first-order valence-electron chi connectivity index (χ1n) is 5.14. The minimum absolute atomic E-state index is 0.188. The lowest BCUT2D eigenvalue weighted by molar-refractivity contribution is -0.113. The smallest absolute Gasteiger partial charge is 0.234 e. The molecule has 1 amide bonds. The van der Waals surface area contributed by atoms with Gasteiger partial charge in [-0.25, -0.2) is 4.98 Å². The Morgan fingerprint density at radius 3 is 2.68 bits per heavy atom. The van der Waals surface area contributed by atoms with E-state index in [9.17, 15) is 4.79 Å². The van der Waals surface area contributed by atoms with Gasteiger partial charge in [0, 0.05) is 0 Å². The molecule has 0 unspecified atom stereocenters. The molecule has 0 saturated heterocycles. The zero-order chi connectivity index (χ0) is 13.8. The lowest BCUT2D eigenvalue weighted by Gasteiger charge is -2.08. The molecule has 19 heavy (non-hydrogen) atoms. The van der Waals surface area contributed by atoms with Crippen LogP contribution in [-0.2, 0) is 4.79 Å². The summed E-state index contributed by atoms with van der Waals surface area (Å²) in [5, 5.41) is 3.99. The van der Waals surface area contributed by atoms with E-state index in [-0.39, 0.29) is 11.7 Å². The predicted octanol–water partition coefficient (Wildman–Crippen LogP) is 3.76. The normalized spacial score (nSPS) is 10.4. The molecule has 0 radical (unpaired) electrons. The third-order valence-electron chi connectivity index (χ3n) is 2.08. The minimum atomic E-state index is -0.188. The number of halogens is 2. The fourth-order valence-electron chi connectivity index (χ4n) is 1.27. The van der Waals surface area contributed by atoms with Crippen molar-refractivity contribution in [1.82, 2.24) is 4.98 Å². The highest BCUT2D eigenvalue weighted by Crippen LogP contribution is 2.31. The number of amides is 1. The SMILES string of the molecule is Nc1ncc(SCC(=O)Nc2c(Cl)cccc2Cl)s1. The van der Waals surface area contributed by atoms with Crippen molar-refractivity contribution in [2.24, 2.45) is 0 Å². The molecule has 0 saturated carbocycles. The standard InChI is InChI=1S/C11H9Cl2N3OS2/c12-6-2-1-3-7(13)10(6)16-8(17)5-18-9-4-15-11(14)19-9/h1-4H,5H2,(H2,14,15)(H,16,17). The maximum Gasteiger partial charge on any atom is 0.234 e. The van der Waals surface area contributed by atoms with Crippen molar-refractivity contribution in [2.75, 3.05) is 16.8 Å². The van der Waals surface area contributed by atoms with Crippen molar-refractivity contribution in [2.45, 2.75) is 4.21 Å². The van der Waals surface area contributed by atoms with E-state index in [0.29, 0.717) is 20.9 Å². The van der Waals surface area contributed by atoms with Crippen LogP contribution in [-0.4, -0.2) is 16.6 Å². The van der Waals surface area contributed by atoms with E-state index in [4.69, 9.17) is 28.9 Å². The Morgan fingerprint density at radius 2 is 2.11 bits per heavy atom. The summed E-state index contributed by atoms with van der Waals surface area (Å²) in [5.41, 5.74) is 5.94. The van der Waals surface area contributed by atoms with Gasteiger partial charge in [-0.2, -0.15) is 0 Å². The molecule has 0 fully saturated rings. The van der Waals surface area contributed by atoms with Crippen LogP contribution in [0.25, 0.3) is 0 Å². The van der Waals surface area contributed by atoms with Crippen molar-refractivity contribution in [3.8, 4) is 0 Å². The molecule has 0 aliphatic rings. The third-order valence-corrected chi connectivity index (χ3v) is 4.73. The van der Waals surface area contributed by atoms with E-state index >= 15 is 0 Å². The molecule has 100 valence electrons. The second-order valence-electron chi connectivity index (χ2n) is 3.45. The average molecular weight is 334 g/mol. The first-order chi connectivity index (χ1) is 9.06. The van der Waals surface area contributed by atoms with Gasteiger partial charge in [-0.15, -0.1) is 11.8 Å². The molecule has 3 N–H and O–H groups in total. The molecule has 4 nitrogen and oxygen atoms in total. The summed E-state index contributed by atoms with van der Waals surface area (Å²) in [6.07, 6.45) is 1.64. The molecule has 0 spiro atoms. The topological polar surface area (TPSA) is 68.0 Å². The quantitative estimate of drug-likeness (QED) is 0.836. The molecule has 2 aromatic rings. The number of thioether (sulfide) groups is 1. The number of aromatic nitrogens is 1. The Morgan fingerprint density at radius 1 is 1.42 bits per heavy atom. The van der Waals surface area contributed by atoms with Crippen molar-refractivity contribution in [3.05, 3.63) is 34.4 Å². The van der Waals surface area contributed by atoms with Gasteiger partial charge in [-0.05, 0) is 12.1 Å². The molecule has 1 aromatic carbocycles. The molecule has 1 heterocycles. The maximum absolute atomic E-state index is 11.8. The van der Waals surface area contributed by atoms with Crippen molar-refractivity contribution >= 4 is 63.0 Å². The number of hydrogen-bond acceptors (Lipinski definition) is 5. The number of rotatable bonds is 4. The van der Waals surface area contributed by atoms with Crippen LogP contribution in [0.15, 0.2) is 28.6 Å². The van der Waals surface area contributed by atoms with Gasteiger partial charge in [-0.3, -0.25) is 4.79 Å². The average Bonchev–Trinajstić information content (AvgIpc) is 2.77. The first-order valence-corrected chi connectivity index (χ1v) is 7.70. The number of nitrogen functional groups attached to an aromatic ring is 1. The third kappa shape index (κ3) is 4.01. The van der Waals surface area contributed by atoms with Crippen LogP contribution in [0, 0.1) is 0 Å². The second kappa shape index (κ2) is 6.47. The van der Waals surface area contributed by atoms with Gasteiger partial charge in [0.1, 0.15) is 0 Å². The van der Waals surface area contributed by atoms with Crippen molar-refractivity contribution in [3.63, 3.8) is 0 Å². The largest absolute Gasteiger partial charge is 0.375 e. The number of para-hydroxylation sites is 1. The molecule has 2 rings (SSSR count). The first kappa shape index (κ1) is 14.5. The lowest BCUT2D eigenvalue weighted by atomic mass is 10.3.